The molecule has 0 aliphatic carbocycles. The van der Waals surface area contributed by atoms with Gasteiger partial charge in [-0.15, -0.1) is 0 Å². The maximum atomic E-state index is 11.6. The zero-order valence-electron chi connectivity index (χ0n) is 11.2. The summed E-state index contributed by atoms with van der Waals surface area (Å²) in [5.74, 6) is -0.203. The standard InChI is InChI=1S/C12H24N2O3/c1-5-13-10(12(15)16-4)8-14(3)11-6-7-17-9(11)2/h9-11,13H,5-8H2,1-4H3. The highest BCUT2D eigenvalue weighted by Gasteiger charge is 2.30. The van der Waals surface area contributed by atoms with Crippen molar-refractivity contribution in [1.82, 2.24) is 10.2 Å². The van der Waals surface area contributed by atoms with E-state index in [-0.39, 0.29) is 18.1 Å². The van der Waals surface area contributed by atoms with Crippen LogP contribution in [0.25, 0.3) is 0 Å². The van der Waals surface area contributed by atoms with Crippen molar-refractivity contribution in [3.8, 4) is 0 Å². The van der Waals surface area contributed by atoms with Crippen LogP contribution < -0.4 is 5.32 Å². The molecule has 100 valence electrons. The Kier molecular flexibility index (Phi) is 5.88. The van der Waals surface area contributed by atoms with Gasteiger partial charge in [0.2, 0.25) is 0 Å². The second-order valence-electron chi connectivity index (χ2n) is 4.50. The van der Waals surface area contributed by atoms with E-state index in [4.69, 9.17) is 9.47 Å². The number of ether oxygens (including phenoxy) is 2. The molecule has 0 amide bonds. The lowest BCUT2D eigenvalue weighted by molar-refractivity contribution is -0.143. The first kappa shape index (κ1) is 14.4. The van der Waals surface area contributed by atoms with Crippen molar-refractivity contribution in [2.75, 3.05) is 33.9 Å². The molecule has 0 aromatic rings. The van der Waals surface area contributed by atoms with E-state index in [0.717, 1.165) is 19.6 Å². The fourth-order valence-corrected chi connectivity index (χ4v) is 2.33. The van der Waals surface area contributed by atoms with Crippen molar-refractivity contribution in [2.45, 2.75) is 38.5 Å². The van der Waals surface area contributed by atoms with Gasteiger partial charge in [0.25, 0.3) is 0 Å². The molecule has 1 aliphatic heterocycles. The minimum atomic E-state index is -0.261. The highest BCUT2D eigenvalue weighted by Crippen LogP contribution is 2.18. The Bertz CT molecular complexity index is 248. The summed E-state index contributed by atoms with van der Waals surface area (Å²) in [4.78, 5) is 13.8. The highest BCUT2D eigenvalue weighted by molar-refractivity contribution is 5.75. The number of hydrogen-bond donors (Lipinski definition) is 1. The number of carbonyl (C=O) groups excluding carboxylic acids is 1. The quantitative estimate of drug-likeness (QED) is 0.679. The van der Waals surface area contributed by atoms with Crippen LogP contribution in [0.1, 0.15) is 20.3 Å². The molecule has 0 spiro atoms. The van der Waals surface area contributed by atoms with Gasteiger partial charge in [-0.2, -0.15) is 0 Å². The minimum absolute atomic E-state index is 0.203. The van der Waals surface area contributed by atoms with Crippen LogP contribution in [0, 0.1) is 0 Å². The van der Waals surface area contributed by atoms with Crippen LogP contribution in [0.15, 0.2) is 0 Å². The fourth-order valence-electron chi connectivity index (χ4n) is 2.33. The van der Waals surface area contributed by atoms with Crippen molar-refractivity contribution in [3.63, 3.8) is 0 Å². The largest absolute Gasteiger partial charge is 0.468 e. The summed E-state index contributed by atoms with van der Waals surface area (Å²) in [6.45, 7) is 6.27. The lowest BCUT2D eigenvalue weighted by Gasteiger charge is -2.29. The summed E-state index contributed by atoms with van der Waals surface area (Å²) in [5, 5.41) is 3.15. The molecule has 17 heavy (non-hydrogen) atoms. The molecule has 0 bridgehead atoms. The number of hydrogen-bond acceptors (Lipinski definition) is 5. The predicted octanol–water partition coefficient (Wildman–Crippen LogP) is 0.247. The molecule has 3 unspecified atom stereocenters. The minimum Gasteiger partial charge on any atom is -0.468 e. The Balaban J connectivity index is 2.50. The predicted molar refractivity (Wildman–Crippen MR) is 65.9 cm³/mol. The Morgan fingerprint density at radius 2 is 2.35 bits per heavy atom. The number of carbonyl (C=O) groups is 1. The van der Waals surface area contributed by atoms with Crippen molar-refractivity contribution in [3.05, 3.63) is 0 Å². The van der Waals surface area contributed by atoms with E-state index in [2.05, 4.69) is 17.1 Å². The third-order valence-electron chi connectivity index (χ3n) is 3.31. The Labute approximate surface area is 103 Å². The molecule has 0 radical (unpaired) electrons. The molecule has 1 fully saturated rings. The van der Waals surface area contributed by atoms with Gasteiger partial charge in [-0.25, -0.2) is 0 Å². The van der Waals surface area contributed by atoms with E-state index in [1.165, 1.54) is 7.11 Å². The molecule has 1 N–H and O–H groups in total. The van der Waals surface area contributed by atoms with Gasteiger partial charge >= 0.3 is 5.97 Å². The number of nitrogens with one attached hydrogen (secondary N) is 1. The van der Waals surface area contributed by atoms with Crippen LogP contribution in [-0.2, 0) is 14.3 Å². The van der Waals surface area contributed by atoms with Crippen molar-refractivity contribution in [2.24, 2.45) is 0 Å². The average molecular weight is 244 g/mol. The lowest BCUT2D eigenvalue weighted by Crippen LogP contribution is -2.49. The number of esters is 1. The second-order valence-corrected chi connectivity index (χ2v) is 4.50. The molecular formula is C12H24N2O3. The normalized spacial score (nSPS) is 26.2. The van der Waals surface area contributed by atoms with Gasteiger partial charge in [-0.3, -0.25) is 9.69 Å². The van der Waals surface area contributed by atoms with Crippen LogP contribution in [0.3, 0.4) is 0 Å². The summed E-state index contributed by atoms with van der Waals surface area (Å²) in [6, 6.07) is 0.128. The van der Waals surface area contributed by atoms with Gasteiger partial charge in [0, 0.05) is 19.2 Å². The summed E-state index contributed by atoms with van der Waals surface area (Å²) >= 11 is 0. The summed E-state index contributed by atoms with van der Waals surface area (Å²) < 4.78 is 10.3. The van der Waals surface area contributed by atoms with Crippen LogP contribution in [0.5, 0.6) is 0 Å². The first-order chi connectivity index (χ1) is 8.10. The van der Waals surface area contributed by atoms with Crippen molar-refractivity contribution < 1.29 is 14.3 Å². The Morgan fingerprint density at radius 1 is 1.65 bits per heavy atom. The maximum Gasteiger partial charge on any atom is 0.324 e. The number of methoxy groups -OCH3 is 1. The van der Waals surface area contributed by atoms with E-state index in [0.29, 0.717) is 12.6 Å². The van der Waals surface area contributed by atoms with Crippen molar-refractivity contribution >= 4 is 5.97 Å². The van der Waals surface area contributed by atoms with Crippen LogP contribution in [-0.4, -0.2) is 62.9 Å². The van der Waals surface area contributed by atoms with Gasteiger partial charge in [-0.05, 0) is 26.9 Å². The highest BCUT2D eigenvalue weighted by atomic mass is 16.5. The SMILES string of the molecule is CCNC(CN(C)C1CCOC1C)C(=O)OC. The molecule has 5 nitrogen and oxygen atoms in total. The molecule has 0 aromatic carbocycles. The third kappa shape index (κ3) is 3.94. The molecule has 0 aromatic heterocycles. The average Bonchev–Trinajstić information content (AvgIpc) is 2.73. The van der Waals surface area contributed by atoms with Crippen molar-refractivity contribution in [1.29, 1.82) is 0 Å². The van der Waals surface area contributed by atoms with Gasteiger partial charge in [0.05, 0.1) is 13.2 Å². The van der Waals surface area contributed by atoms with Gasteiger partial charge in [0.1, 0.15) is 6.04 Å². The zero-order chi connectivity index (χ0) is 12.8. The molecule has 1 aliphatic rings. The zero-order valence-corrected chi connectivity index (χ0v) is 11.2. The summed E-state index contributed by atoms with van der Waals surface area (Å²) in [7, 11) is 3.46. The smallest absolute Gasteiger partial charge is 0.324 e. The second kappa shape index (κ2) is 6.93. The fraction of sp³-hybridized carbons (Fsp3) is 0.917. The van der Waals surface area contributed by atoms with Gasteiger partial charge < -0.3 is 14.8 Å². The molecule has 5 heteroatoms. The van der Waals surface area contributed by atoms with Gasteiger partial charge in [0.15, 0.2) is 0 Å². The monoisotopic (exact) mass is 244 g/mol. The molecule has 1 heterocycles. The van der Waals surface area contributed by atoms with Crippen LogP contribution >= 0.6 is 0 Å². The first-order valence-electron chi connectivity index (χ1n) is 6.23. The summed E-state index contributed by atoms with van der Waals surface area (Å²) in [6.07, 6.45) is 1.26. The summed E-state index contributed by atoms with van der Waals surface area (Å²) in [5.41, 5.74) is 0. The van der Waals surface area contributed by atoms with E-state index in [1.54, 1.807) is 0 Å². The molecule has 1 rings (SSSR count). The van der Waals surface area contributed by atoms with Gasteiger partial charge in [-0.1, -0.05) is 6.92 Å². The molecule has 3 atom stereocenters. The molecule has 0 saturated carbocycles. The van der Waals surface area contributed by atoms with E-state index >= 15 is 0 Å². The first-order valence-corrected chi connectivity index (χ1v) is 6.23. The van der Waals surface area contributed by atoms with Crippen LogP contribution in [0.4, 0.5) is 0 Å². The number of likely N-dealkylation sites (N-methyl/N-ethyl adjacent to an activating group) is 2. The molecular weight excluding hydrogens is 220 g/mol. The number of rotatable bonds is 6. The van der Waals surface area contributed by atoms with E-state index in [9.17, 15) is 4.79 Å². The maximum absolute atomic E-state index is 11.6. The number of nitrogens with zero attached hydrogens (tertiary/aromatic N) is 1. The Hall–Kier alpha value is -0.650. The lowest BCUT2D eigenvalue weighted by atomic mass is 10.1. The topological polar surface area (TPSA) is 50.8 Å². The van der Waals surface area contributed by atoms with Crippen LogP contribution in [0.2, 0.25) is 0 Å². The van der Waals surface area contributed by atoms with E-state index in [1.807, 2.05) is 14.0 Å². The third-order valence-corrected chi connectivity index (χ3v) is 3.31. The van der Waals surface area contributed by atoms with E-state index < -0.39 is 0 Å². The molecule has 1 saturated heterocycles. The Morgan fingerprint density at radius 3 is 2.82 bits per heavy atom.